The first-order valence-corrected chi connectivity index (χ1v) is 16.4. The first-order chi connectivity index (χ1) is 22.4. The normalized spacial score (nSPS) is 23.0. The number of aliphatic carboxylic acids is 1. The number of carboxylic acids is 2. The van der Waals surface area contributed by atoms with Crippen molar-refractivity contribution in [3.05, 3.63) is 44.5 Å². The van der Waals surface area contributed by atoms with Crippen LogP contribution < -0.4 is 26.1 Å². The van der Waals surface area contributed by atoms with Crippen LogP contribution >= 0.6 is 11.8 Å². The van der Waals surface area contributed by atoms with Crippen molar-refractivity contribution in [2.24, 2.45) is 16.6 Å². The van der Waals surface area contributed by atoms with Gasteiger partial charge in [0.2, 0.25) is 11.3 Å². The molecule has 0 spiro atoms. The molecule has 254 valence electrons. The molecule has 2 aromatic rings. The van der Waals surface area contributed by atoms with E-state index in [1.165, 1.54) is 36.3 Å². The van der Waals surface area contributed by atoms with Crippen LogP contribution in [0.3, 0.4) is 0 Å². The first kappa shape index (κ1) is 34.2. The number of anilines is 1. The van der Waals surface area contributed by atoms with Gasteiger partial charge < -0.3 is 45.5 Å². The van der Waals surface area contributed by atoms with Gasteiger partial charge in [-0.05, 0) is 32.8 Å². The highest BCUT2D eigenvalue weighted by molar-refractivity contribution is 8.03. The number of pyridine rings is 1. The van der Waals surface area contributed by atoms with E-state index in [1.54, 1.807) is 11.5 Å². The van der Waals surface area contributed by atoms with Gasteiger partial charge >= 0.3 is 11.9 Å². The number of nitrogens with two attached hydrogens (primary N) is 1. The molecule has 47 heavy (non-hydrogen) atoms. The van der Waals surface area contributed by atoms with Crippen LogP contribution in [0.25, 0.3) is 10.9 Å². The van der Waals surface area contributed by atoms with Gasteiger partial charge in [-0.2, -0.15) is 0 Å². The number of rotatable bonds is 10. The molecule has 0 bridgehead atoms. The summed E-state index contributed by atoms with van der Waals surface area (Å²) in [4.78, 5) is 55.2. The summed E-state index contributed by atoms with van der Waals surface area (Å²) in [6.45, 7) is 6.02. The van der Waals surface area contributed by atoms with E-state index in [-0.39, 0.29) is 40.7 Å². The number of aliphatic hydroxyl groups excluding tert-OH is 1. The number of β-lactam (4-membered cyclic amide) rings is 1. The molecule has 4 aliphatic rings. The summed E-state index contributed by atoms with van der Waals surface area (Å²) in [6.07, 6.45) is 4.08. The van der Waals surface area contributed by atoms with E-state index in [4.69, 9.17) is 10.5 Å². The van der Waals surface area contributed by atoms with E-state index in [9.17, 15) is 34.5 Å². The SMILES string of the molecule is CC(O)[C@H]1C(=O)N2C(C(=O)O)=C(SCCN=CN)C[C@H]12.COc1c(N2CCNC(C)C2)c(F)cc2c(=O)c(C(=O)O)cn(C3CC3)c12. The maximum atomic E-state index is 15.1. The highest BCUT2D eigenvalue weighted by atomic mass is 32.2. The fourth-order valence-corrected chi connectivity index (χ4v) is 7.57. The van der Waals surface area contributed by atoms with Crippen LogP contribution in [0.5, 0.6) is 5.75 Å². The number of ether oxygens (including phenoxy) is 1. The molecule has 4 heterocycles. The fraction of sp³-hybridized carbons (Fsp3) is 0.516. The van der Waals surface area contributed by atoms with Gasteiger partial charge in [0, 0.05) is 55.0 Å². The molecule has 14 nitrogen and oxygen atoms in total. The predicted octanol–water partition coefficient (Wildman–Crippen LogP) is 1.59. The van der Waals surface area contributed by atoms with E-state index in [0.717, 1.165) is 25.5 Å². The van der Waals surface area contributed by atoms with Crippen LogP contribution in [0.1, 0.15) is 49.5 Å². The lowest BCUT2D eigenvalue weighted by Gasteiger charge is -2.44. The average Bonchev–Trinajstić information content (AvgIpc) is 3.81. The summed E-state index contributed by atoms with van der Waals surface area (Å²) >= 11 is 1.38. The lowest BCUT2D eigenvalue weighted by molar-refractivity contribution is -0.161. The number of benzene rings is 1. The van der Waals surface area contributed by atoms with Gasteiger partial charge in [-0.1, -0.05) is 0 Å². The Hall–Kier alpha value is -4.15. The molecular formula is C31H39FN6O8S. The maximum absolute atomic E-state index is 15.1. The summed E-state index contributed by atoms with van der Waals surface area (Å²) in [7, 11) is 1.45. The number of fused-ring (bicyclic) bond motifs is 2. The lowest BCUT2D eigenvalue weighted by Crippen LogP contribution is -2.61. The molecule has 1 aliphatic carbocycles. The number of nitrogens with zero attached hydrogens (tertiary/aromatic N) is 4. The lowest BCUT2D eigenvalue weighted by atomic mass is 9.83. The minimum absolute atomic E-state index is 0.0445. The number of carbonyl (C=O) groups is 3. The number of carboxylic acid groups (broad SMARTS) is 2. The van der Waals surface area contributed by atoms with Crippen LogP contribution in [0.2, 0.25) is 0 Å². The number of hydrogen-bond acceptors (Lipinski definition) is 10. The van der Waals surface area contributed by atoms with E-state index in [0.29, 0.717) is 53.7 Å². The zero-order valence-corrected chi connectivity index (χ0v) is 27.1. The number of carbonyl (C=O) groups excluding carboxylic acids is 1. The number of aromatic carboxylic acids is 1. The van der Waals surface area contributed by atoms with Crippen molar-refractivity contribution in [2.45, 2.75) is 57.3 Å². The van der Waals surface area contributed by atoms with Crippen molar-refractivity contribution >= 4 is 52.5 Å². The van der Waals surface area contributed by atoms with Gasteiger partial charge in [0.1, 0.15) is 16.9 Å². The highest BCUT2D eigenvalue weighted by Crippen LogP contribution is 2.47. The van der Waals surface area contributed by atoms with Crippen LogP contribution in [0, 0.1) is 11.7 Å². The van der Waals surface area contributed by atoms with Crippen LogP contribution in [-0.4, -0.2) is 106 Å². The van der Waals surface area contributed by atoms with Crippen LogP contribution in [-0.2, 0) is 9.59 Å². The molecule has 2 unspecified atom stereocenters. The van der Waals surface area contributed by atoms with E-state index in [1.807, 2.05) is 11.8 Å². The molecule has 2 saturated heterocycles. The Balaban J connectivity index is 0.000000194. The Morgan fingerprint density at radius 1 is 1.28 bits per heavy atom. The summed E-state index contributed by atoms with van der Waals surface area (Å²) in [5.41, 5.74) is 4.95. The molecular weight excluding hydrogens is 635 g/mol. The summed E-state index contributed by atoms with van der Waals surface area (Å²) < 4.78 is 22.5. The highest BCUT2D eigenvalue weighted by Gasteiger charge is 2.56. The number of hydrogen-bond donors (Lipinski definition) is 5. The van der Waals surface area contributed by atoms with Crippen LogP contribution in [0.4, 0.5) is 10.1 Å². The topological polar surface area (TPSA) is 200 Å². The van der Waals surface area contributed by atoms with E-state index >= 15 is 4.39 Å². The molecule has 16 heteroatoms. The smallest absolute Gasteiger partial charge is 0.353 e. The zero-order valence-electron chi connectivity index (χ0n) is 26.3. The third kappa shape index (κ3) is 6.53. The van der Waals surface area contributed by atoms with Crippen molar-refractivity contribution in [1.82, 2.24) is 14.8 Å². The molecule has 4 atom stereocenters. The number of halogens is 1. The zero-order chi connectivity index (χ0) is 34.2. The molecule has 1 saturated carbocycles. The number of aliphatic imine (C=N–C) groups is 1. The summed E-state index contributed by atoms with van der Waals surface area (Å²) in [6, 6.07) is 1.22. The molecule has 1 aromatic carbocycles. The Morgan fingerprint density at radius 2 is 2.00 bits per heavy atom. The first-order valence-electron chi connectivity index (χ1n) is 15.4. The fourth-order valence-electron chi connectivity index (χ4n) is 6.52. The molecule has 3 aliphatic heterocycles. The standard InChI is InChI=1S/C19H22FN3O4.C12H17N3O4S/c1-10-8-22(6-5-21-10)16-14(20)7-12-15(18(16)27-2)23(11-3-4-11)9-13(17(12)24)19(25)26;1-6(16)9-7-4-8(20-3-2-14-5-13)10(12(18)19)15(7)11(9)17/h7,9-11,21H,3-6,8H2,1-2H3,(H,25,26);5-7,9,16H,2-4H2,1H3,(H2,13,14)(H,18,19)/t;6?,7-,9-/m.1/s1. The van der Waals surface area contributed by atoms with Crippen LogP contribution in [0.15, 0.2) is 32.7 Å². The third-order valence-corrected chi connectivity index (χ3v) is 9.85. The molecule has 1 aromatic heterocycles. The maximum Gasteiger partial charge on any atom is 0.353 e. The molecule has 1 amide bonds. The predicted molar refractivity (Wildman–Crippen MR) is 175 cm³/mol. The van der Waals surface area contributed by atoms with E-state index in [2.05, 4.69) is 10.3 Å². The van der Waals surface area contributed by atoms with Crippen molar-refractivity contribution in [3.8, 4) is 5.75 Å². The summed E-state index contributed by atoms with van der Waals surface area (Å²) in [5.74, 6) is -2.89. The molecule has 3 fully saturated rings. The number of aromatic nitrogens is 1. The Bertz CT molecular complexity index is 1710. The second-order valence-corrected chi connectivity index (χ2v) is 13.2. The van der Waals surface area contributed by atoms with E-state index < -0.39 is 35.2 Å². The quantitative estimate of drug-likeness (QED) is 0.106. The van der Waals surface area contributed by atoms with Crippen molar-refractivity contribution in [3.63, 3.8) is 0 Å². The van der Waals surface area contributed by atoms with Crippen molar-refractivity contribution < 1.29 is 38.8 Å². The Morgan fingerprint density at radius 3 is 2.57 bits per heavy atom. The van der Waals surface area contributed by atoms with Gasteiger partial charge in [-0.25, -0.2) is 14.0 Å². The van der Waals surface area contributed by atoms with Gasteiger partial charge in [-0.15, -0.1) is 11.8 Å². The largest absolute Gasteiger partial charge is 0.492 e. The number of nitrogens with one attached hydrogen (secondary N) is 1. The molecule has 0 radical (unpaired) electrons. The van der Waals surface area contributed by atoms with Gasteiger partial charge in [-0.3, -0.25) is 14.6 Å². The Labute approximate surface area is 274 Å². The molecule has 6 rings (SSSR count). The van der Waals surface area contributed by atoms with Crippen molar-refractivity contribution in [2.75, 3.05) is 43.9 Å². The number of thioether (sulfide) groups is 1. The Kier molecular flexibility index (Phi) is 10.1. The van der Waals surface area contributed by atoms with Gasteiger partial charge in [0.15, 0.2) is 11.6 Å². The molecule has 6 N–H and O–H groups in total. The minimum atomic E-state index is -1.31. The third-order valence-electron chi connectivity index (χ3n) is 8.75. The number of aliphatic hydroxyl groups is 1. The number of amides is 1. The number of piperazine rings is 1. The summed E-state index contributed by atoms with van der Waals surface area (Å²) in [5, 5.41) is 31.6. The average molecular weight is 675 g/mol. The second-order valence-electron chi connectivity index (χ2n) is 12.0. The monoisotopic (exact) mass is 674 g/mol. The van der Waals surface area contributed by atoms with Crippen molar-refractivity contribution in [1.29, 1.82) is 0 Å². The second kappa shape index (κ2) is 13.9. The van der Waals surface area contributed by atoms with Gasteiger partial charge in [0.05, 0.1) is 49.0 Å². The minimum Gasteiger partial charge on any atom is -0.492 e. The number of methoxy groups -OCH3 is 1. The van der Waals surface area contributed by atoms with Gasteiger partial charge in [0.25, 0.3) is 0 Å².